The molecule has 0 saturated heterocycles. The molecule has 2 rings (SSSR count). The van der Waals surface area contributed by atoms with Gasteiger partial charge >= 0.3 is 12.1 Å². The number of hydrogen-bond acceptors (Lipinski definition) is 3. The van der Waals surface area contributed by atoms with Crippen LogP contribution in [0.4, 0.5) is 22.0 Å². The highest BCUT2D eigenvalue weighted by Crippen LogP contribution is 2.35. The zero-order valence-electron chi connectivity index (χ0n) is 8.66. The molecule has 0 aliphatic rings. The van der Waals surface area contributed by atoms with Crippen molar-refractivity contribution in [2.45, 2.75) is 12.1 Å². The minimum atomic E-state index is -5.65. The molecule has 0 N–H and O–H groups in total. The van der Waals surface area contributed by atoms with E-state index < -0.39 is 18.7 Å². The summed E-state index contributed by atoms with van der Waals surface area (Å²) < 4.78 is 66.8. The average molecular weight is 267 g/mol. The highest BCUT2D eigenvalue weighted by atomic mass is 19.4. The van der Waals surface area contributed by atoms with Gasteiger partial charge in [-0.25, -0.2) is 9.50 Å². The van der Waals surface area contributed by atoms with Gasteiger partial charge < -0.3 is 4.74 Å². The zero-order valence-corrected chi connectivity index (χ0v) is 8.66. The first-order valence-corrected chi connectivity index (χ1v) is 4.67. The van der Waals surface area contributed by atoms with Crippen LogP contribution in [0.3, 0.4) is 0 Å². The molecule has 0 bridgehead atoms. The Bertz CT molecular complexity index is 550. The molecule has 0 amide bonds. The first kappa shape index (κ1) is 12.5. The number of ether oxygens (including phenoxy) is 1. The molecule has 18 heavy (non-hydrogen) atoms. The molecule has 0 fully saturated rings. The van der Waals surface area contributed by atoms with E-state index in [1.165, 1.54) is 22.8 Å². The van der Waals surface area contributed by atoms with Crippen LogP contribution in [0.25, 0.3) is 5.65 Å². The van der Waals surface area contributed by atoms with Crippen LogP contribution < -0.4 is 4.74 Å². The fourth-order valence-corrected chi connectivity index (χ4v) is 1.18. The van der Waals surface area contributed by atoms with E-state index >= 15 is 0 Å². The smallest absolute Gasteiger partial charge is 0.456 e. The fraction of sp³-hybridized carbons (Fsp3) is 0.333. The quantitative estimate of drug-likeness (QED) is 0.801. The Morgan fingerprint density at radius 1 is 1.22 bits per heavy atom. The third-order valence-corrected chi connectivity index (χ3v) is 2.09. The molecule has 0 spiro atoms. The second-order valence-electron chi connectivity index (χ2n) is 3.39. The van der Waals surface area contributed by atoms with Crippen LogP contribution in [0.15, 0.2) is 24.7 Å². The maximum absolute atomic E-state index is 12.6. The summed E-state index contributed by atoms with van der Waals surface area (Å²) in [6, 6.07) is 2.62. The van der Waals surface area contributed by atoms with Gasteiger partial charge in [0.15, 0.2) is 18.0 Å². The summed E-state index contributed by atoms with van der Waals surface area (Å²) in [5, 5.41) is 3.69. The minimum absolute atomic E-state index is 0.0653. The summed E-state index contributed by atoms with van der Waals surface area (Å²) in [7, 11) is 0. The van der Waals surface area contributed by atoms with Gasteiger partial charge in [0.05, 0.1) is 0 Å². The van der Waals surface area contributed by atoms with Crippen molar-refractivity contribution < 1.29 is 26.7 Å². The molecule has 9 heteroatoms. The van der Waals surface area contributed by atoms with E-state index in [4.69, 9.17) is 0 Å². The monoisotopic (exact) mass is 267 g/mol. The van der Waals surface area contributed by atoms with Gasteiger partial charge in [-0.1, -0.05) is 0 Å². The number of aromatic nitrogens is 3. The van der Waals surface area contributed by atoms with E-state index in [1.807, 2.05) is 0 Å². The third-order valence-electron chi connectivity index (χ3n) is 2.09. The number of fused-ring (bicyclic) bond motifs is 1. The molecule has 0 atom stereocenters. The van der Waals surface area contributed by atoms with Crippen molar-refractivity contribution in [2.24, 2.45) is 0 Å². The summed E-state index contributed by atoms with van der Waals surface area (Å²) in [4.78, 5) is 3.68. The van der Waals surface area contributed by atoms with E-state index in [0.717, 1.165) is 6.33 Å². The Balaban J connectivity index is 2.18. The lowest BCUT2D eigenvalue weighted by Gasteiger charge is -2.19. The molecule has 0 radical (unpaired) electrons. The van der Waals surface area contributed by atoms with Crippen molar-refractivity contribution in [3.05, 3.63) is 24.7 Å². The van der Waals surface area contributed by atoms with E-state index in [1.54, 1.807) is 0 Å². The molecular formula is C9H6F5N3O. The maximum atomic E-state index is 12.6. The van der Waals surface area contributed by atoms with E-state index in [0.29, 0.717) is 0 Å². The van der Waals surface area contributed by atoms with Gasteiger partial charge in [0.1, 0.15) is 6.33 Å². The second kappa shape index (κ2) is 4.07. The zero-order chi connectivity index (χ0) is 13.4. The van der Waals surface area contributed by atoms with E-state index in [2.05, 4.69) is 14.8 Å². The molecule has 2 aromatic heterocycles. The average Bonchev–Trinajstić information content (AvgIpc) is 2.73. The molecule has 2 heterocycles. The van der Waals surface area contributed by atoms with Crippen molar-refractivity contribution in [3.63, 3.8) is 0 Å². The predicted molar refractivity (Wildman–Crippen MR) is 49.5 cm³/mol. The summed E-state index contributed by atoms with van der Waals surface area (Å²) >= 11 is 0. The summed E-state index contributed by atoms with van der Waals surface area (Å²) in [5.41, 5.74) is 0.0653. The van der Waals surface area contributed by atoms with Crippen LogP contribution in [-0.2, 0) is 0 Å². The van der Waals surface area contributed by atoms with Gasteiger partial charge in [-0.15, -0.1) is 0 Å². The Morgan fingerprint density at radius 2 is 1.94 bits per heavy atom. The van der Waals surface area contributed by atoms with Crippen molar-refractivity contribution in [1.82, 2.24) is 14.6 Å². The lowest BCUT2D eigenvalue weighted by atomic mass is 10.3. The number of alkyl halides is 5. The molecule has 0 aromatic carbocycles. The van der Waals surface area contributed by atoms with E-state index in [-0.39, 0.29) is 11.4 Å². The summed E-state index contributed by atoms with van der Waals surface area (Å²) in [6.07, 6.45) is -3.06. The third kappa shape index (κ3) is 2.20. The van der Waals surface area contributed by atoms with Gasteiger partial charge in [0.2, 0.25) is 0 Å². The SMILES string of the molecule is FC(F)(F)C(F)(F)COc1cccn2ncnc12. The van der Waals surface area contributed by atoms with Crippen LogP contribution in [0.2, 0.25) is 0 Å². The number of rotatable bonds is 3. The molecule has 2 aromatic rings. The lowest BCUT2D eigenvalue weighted by molar-refractivity contribution is -0.289. The fourth-order valence-electron chi connectivity index (χ4n) is 1.18. The molecule has 98 valence electrons. The number of nitrogens with zero attached hydrogens (tertiary/aromatic N) is 3. The molecule has 0 aliphatic carbocycles. The van der Waals surface area contributed by atoms with Gasteiger partial charge in [0, 0.05) is 6.20 Å². The summed E-state index contributed by atoms with van der Waals surface area (Å²) in [6.45, 7) is -1.80. The van der Waals surface area contributed by atoms with Crippen LogP contribution in [-0.4, -0.2) is 33.3 Å². The minimum Gasteiger partial charge on any atom is -0.483 e. The highest BCUT2D eigenvalue weighted by Gasteiger charge is 2.58. The standard InChI is InChI=1S/C9H6F5N3O/c10-8(11,9(12,13)14)4-18-6-2-1-3-17-7(6)15-5-16-17/h1-3,5H,4H2. The van der Waals surface area contributed by atoms with Crippen molar-refractivity contribution in [1.29, 1.82) is 0 Å². The van der Waals surface area contributed by atoms with Crippen LogP contribution in [0.1, 0.15) is 0 Å². The first-order valence-electron chi connectivity index (χ1n) is 4.67. The van der Waals surface area contributed by atoms with Gasteiger partial charge in [-0.2, -0.15) is 27.1 Å². The first-order chi connectivity index (χ1) is 8.31. The Morgan fingerprint density at radius 3 is 2.61 bits per heavy atom. The Hall–Kier alpha value is -1.93. The van der Waals surface area contributed by atoms with Crippen molar-refractivity contribution in [2.75, 3.05) is 6.61 Å². The topological polar surface area (TPSA) is 39.4 Å². The Kier molecular flexibility index (Phi) is 2.83. The molecule has 4 nitrogen and oxygen atoms in total. The highest BCUT2D eigenvalue weighted by molar-refractivity contribution is 5.51. The van der Waals surface area contributed by atoms with Crippen LogP contribution in [0, 0.1) is 0 Å². The number of hydrogen-bond donors (Lipinski definition) is 0. The molecule has 0 aliphatic heterocycles. The molecule has 0 saturated carbocycles. The number of halogens is 5. The number of pyridine rings is 1. The van der Waals surface area contributed by atoms with Crippen LogP contribution >= 0.6 is 0 Å². The second-order valence-corrected chi connectivity index (χ2v) is 3.39. The van der Waals surface area contributed by atoms with Gasteiger partial charge in [-0.05, 0) is 12.1 Å². The summed E-state index contributed by atoms with van der Waals surface area (Å²) in [5.74, 6) is -5.11. The molecule has 0 unspecified atom stereocenters. The largest absolute Gasteiger partial charge is 0.483 e. The lowest BCUT2D eigenvalue weighted by Crippen LogP contribution is -2.41. The predicted octanol–water partition coefficient (Wildman–Crippen LogP) is 2.31. The molecular weight excluding hydrogens is 261 g/mol. The van der Waals surface area contributed by atoms with Gasteiger partial charge in [-0.3, -0.25) is 0 Å². The van der Waals surface area contributed by atoms with Crippen molar-refractivity contribution in [3.8, 4) is 5.75 Å². The van der Waals surface area contributed by atoms with Crippen LogP contribution in [0.5, 0.6) is 5.75 Å². The maximum Gasteiger partial charge on any atom is 0.456 e. The Labute approximate surface area is 97.0 Å². The normalized spacial score (nSPS) is 12.9. The van der Waals surface area contributed by atoms with Gasteiger partial charge in [0.25, 0.3) is 0 Å². The van der Waals surface area contributed by atoms with Crippen molar-refractivity contribution >= 4 is 5.65 Å². The van der Waals surface area contributed by atoms with E-state index in [9.17, 15) is 22.0 Å².